The van der Waals surface area contributed by atoms with Crippen molar-refractivity contribution >= 4 is 6.20 Å². The van der Waals surface area contributed by atoms with Gasteiger partial charge in [-0.1, -0.05) is 6.58 Å². The second-order valence-corrected chi connectivity index (χ2v) is 4.11. The van der Waals surface area contributed by atoms with Crippen LogP contribution in [-0.2, 0) is 6.42 Å². The van der Waals surface area contributed by atoms with Gasteiger partial charge in [0, 0.05) is 25.2 Å². The minimum Gasteiger partial charge on any atom is -0.249 e. The zero-order valence-corrected chi connectivity index (χ0v) is 9.98. The maximum atomic E-state index is 12.2. The van der Waals surface area contributed by atoms with Gasteiger partial charge in [-0.15, -0.1) is 0 Å². The highest BCUT2D eigenvalue weighted by Crippen LogP contribution is 2.33. The van der Waals surface area contributed by atoms with Gasteiger partial charge in [-0.25, -0.2) is 4.68 Å². The molecule has 0 amide bonds. The molecule has 0 aliphatic carbocycles. The van der Waals surface area contributed by atoms with E-state index >= 15 is 0 Å². The van der Waals surface area contributed by atoms with Gasteiger partial charge < -0.3 is 0 Å². The predicted molar refractivity (Wildman–Crippen MR) is 61.3 cm³/mol. The number of halogens is 3. The maximum Gasteiger partial charge on any atom is 0.389 e. The third kappa shape index (κ3) is 4.14. The highest BCUT2D eigenvalue weighted by Gasteiger charge is 2.37. The molecule has 0 spiro atoms. The molecule has 1 rings (SSSR count). The van der Waals surface area contributed by atoms with Gasteiger partial charge in [0.05, 0.1) is 18.3 Å². The molecular formula is C12H11F3N4. The Bertz CT molecular complexity index is 516. The lowest BCUT2D eigenvalue weighted by molar-refractivity contribution is -0.138. The molecule has 1 aromatic heterocycles. The molecule has 0 saturated carbocycles. The SMILES string of the molecule is C=Cn1cc(CC(C#N)(C#N)CCC(F)(F)F)cn1. The van der Waals surface area contributed by atoms with Gasteiger partial charge in [-0.05, 0) is 12.0 Å². The molecule has 1 aromatic rings. The Morgan fingerprint density at radius 3 is 2.37 bits per heavy atom. The summed E-state index contributed by atoms with van der Waals surface area (Å²) in [4.78, 5) is 0. The Labute approximate surface area is 108 Å². The van der Waals surface area contributed by atoms with Crippen LogP contribution in [0.1, 0.15) is 18.4 Å². The van der Waals surface area contributed by atoms with Gasteiger partial charge in [0.1, 0.15) is 5.41 Å². The summed E-state index contributed by atoms with van der Waals surface area (Å²) in [5.74, 6) is 0. The van der Waals surface area contributed by atoms with Crippen LogP contribution >= 0.6 is 0 Å². The van der Waals surface area contributed by atoms with E-state index in [-0.39, 0.29) is 6.42 Å². The van der Waals surface area contributed by atoms with E-state index in [0.29, 0.717) is 5.56 Å². The minimum absolute atomic E-state index is 0.0933. The minimum atomic E-state index is -4.38. The first-order valence-corrected chi connectivity index (χ1v) is 5.39. The van der Waals surface area contributed by atoms with Crippen molar-refractivity contribution in [3.8, 4) is 12.1 Å². The quantitative estimate of drug-likeness (QED) is 0.824. The third-order valence-corrected chi connectivity index (χ3v) is 2.61. The molecule has 0 aliphatic heterocycles. The molecule has 4 nitrogen and oxygen atoms in total. The van der Waals surface area contributed by atoms with E-state index in [2.05, 4.69) is 11.7 Å². The van der Waals surface area contributed by atoms with Gasteiger partial charge in [0.25, 0.3) is 0 Å². The van der Waals surface area contributed by atoms with Crippen molar-refractivity contribution in [2.24, 2.45) is 5.41 Å². The van der Waals surface area contributed by atoms with Crippen molar-refractivity contribution in [3.05, 3.63) is 24.5 Å². The molecule has 0 N–H and O–H groups in total. The lowest BCUT2D eigenvalue weighted by atomic mass is 9.81. The van der Waals surface area contributed by atoms with Crippen molar-refractivity contribution in [1.82, 2.24) is 9.78 Å². The zero-order valence-electron chi connectivity index (χ0n) is 9.98. The van der Waals surface area contributed by atoms with Crippen molar-refractivity contribution in [1.29, 1.82) is 10.5 Å². The summed E-state index contributed by atoms with van der Waals surface area (Å²) in [7, 11) is 0. The van der Waals surface area contributed by atoms with Crippen LogP contribution in [-0.4, -0.2) is 16.0 Å². The van der Waals surface area contributed by atoms with E-state index in [4.69, 9.17) is 10.5 Å². The van der Waals surface area contributed by atoms with E-state index in [1.165, 1.54) is 23.3 Å². The van der Waals surface area contributed by atoms with Crippen LogP contribution in [0.2, 0.25) is 0 Å². The first-order chi connectivity index (χ1) is 8.84. The fraction of sp³-hybridized carbons (Fsp3) is 0.417. The molecule has 7 heteroatoms. The summed E-state index contributed by atoms with van der Waals surface area (Å²) in [5.41, 5.74) is -1.17. The standard InChI is InChI=1S/C12H11F3N4/c1-2-19-7-10(6-18-19)5-11(8-16,9-17)3-4-12(13,14)15/h2,6-7H,1,3-5H2. The predicted octanol–water partition coefficient (Wildman–Crippen LogP) is 2.90. The monoisotopic (exact) mass is 268 g/mol. The molecule has 0 aromatic carbocycles. The second kappa shape index (κ2) is 5.57. The van der Waals surface area contributed by atoms with E-state index in [1.54, 1.807) is 12.1 Å². The summed E-state index contributed by atoms with van der Waals surface area (Å²) in [6.45, 7) is 3.47. The van der Waals surface area contributed by atoms with Gasteiger partial charge in [0.2, 0.25) is 0 Å². The zero-order chi connectivity index (χ0) is 14.5. The Morgan fingerprint density at radius 1 is 1.32 bits per heavy atom. The maximum absolute atomic E-state index is 12.2. The summed E-state index contributed by atoms with van der Waals surface area (Å²) in [5, 5.41) is 21.9. The summed E-state index contributed by atoms with van der Waals surface area (Å²) in [6, 6.07) is 3.38. The van der Waals surface area contributed by atoms with Crippen molar-refractivity contribution in [2.45, 2.75) is 25.4 Å². The smallest absolute Gasteiger partial charge is 0.249 e. The number of alkyl halides is 3. The van der Waals surface area contributed by atoms with Gasteiger partial charge >= 0.3 is 6.18 Å². The second-order valence-electron chi connectivity index (χ2n) is 4.11. The first-order valence-electron chi connectivity index (χ1n) is 5.39. The van der Waals surface area contributed by atoms with Crippen LogP contribution in [0.5, 0.6) is 0 Å². The number of hydrogen-bond donors (Lipinski definition) is 0. The number of rotatable bonds is 5. The van der Waals surface area contributed by atoms with Crippen LogP contribution < -0.4 is 0 Å². The van der Waals surface area contributed by atoms with Crippen LogP contribution in [0.3, 0.4) is 0 Å². The lowest BCUT2D eigenvalue weighted by Gasteiger charge is -2.18. The number of nitriles is 2. The Hall–Kier alpha value is -2.28. The average molecular weight is 268 g/mol. The Morgan fingerprint density at radius 2 is 1.95 bits per heavy atom. The summed E-state index contributed by atoms with van der Waals surface area (Å²) in [6.07, 6.45) is -1.87. The average Bonchev–Trinajstić information content (AvgIpc) is 2.81. The highest BCUT2D eigenvalue weighted by atomic mass is 19.4. The first kappa shape index (κ1) is 14.8. The highest BCUT2D eigenvalue weighted by molar-refractivity contribution is 5.24. The lowest BCUT2D eigenvalue weighted by Crippen LogP contribution is -2.23. The number of aromatic nitrogens is 2. The summed E-state index contributed by atoms with van der Waals surface area (Å²) >= 11 is 0. The Balaban J connectivity index is 2.85. The van der Waals surface area contributed by atoms with Crippen molar-refractivity contribution < 1.29 is 13.2 Å². The summed E-state index contributed by atoms with van der Waals surface area (Å²) < 4.78 is 38.0. The van der Waals surface area contributed by atoms with Crippen LogP contribution in [0.4, 0.5) is 13.2 Å². The fourth-order valence-corrected chi connectivity index (χ4v) is 1.58. The molecule has 0 saturated heterocycles. The normalized spacial score (nSPS) is 11.6. The topological polar surface area (TPSA) is 65.4 Å². The molecule has 1 heterocycles. The van der Waals surface area contributed by atoms with E-state index in [1.807, 2.05) is 0 Å². The molecule has 0 radical (unpaired) electrons. The molecule has 0 atom stereocenters. The van der Waals surface area contributed by atoms with Gasteiger partial charge in [0.15, 0.2) is 0 Å². The molecule has 0 fully saturated rings. The van der Waals surface area contributed by atoms with Crippen LogP contribution in [0.15, 0.2) is 19.0 Å². The molecule has 19 heavy (non-hydrogen) atoms. The Kier molecular flexibility index (Phi) is 4.34. The molecule has 0 unspecified atom stereocenters. The van der Waals surface area contributed by atoms with Crippen LogP contribution in [0.25, 0.3) is 6.20 Å². The number of nitrogens with zero attached hydrogens (tertiary/aromatic N) is 4. The molecule has 100 valence electrons. The van der Waals surface area contributed by atoms with E-state index in [9.17, 15) is 13.2 Å². The largest absolute Gasteiger partial charge is 0.389 e. The molecule has 0 bridgehead atoms. The van der Waals surface area contributed by atoms with Crippen molar-refractivity contribution in [2.75, 3.05) is 0 Å². The van der Waals surface area contributed by atoms with E-state index in [0.717, 1.165) is 0 Å². The van der Waals surface area contributed by atoms with Gasteiger partial charge in [-0.2, -0.15) is 28.8 Å². The molecule has 0 aliphatic rings. The van der Waals surface area contributed by atoms with E-state index < -0.39 is 24.4 Å². The number of hydrogen-bond acceptors (Lipinski definition) is 3. The third-order valence-electron chi connectivity index (χ3n) is 2.61. The van der Waals surface area contributed by atoms with Crippen molar-refractivity contribution in [3.63, 3.8) is 0 Å². The fourth-order valence-electron chi connectivity index (χ4n) is 1.58. The van der Waals surface area contributed by atoms with Gasteiger partial charge in [-0.3, -0.25) is 0 Å². The van der Waals surface area contributed by atoms with Crippen LogP contribution in [0, 0.1) is 28.1 Å². The molecular weight excluding hydrogens is 257 g/mol.